The average molecular weight is 439 g/mol. The van der Waals surface area contributed by atoms with Crippen LogP contribution in [-0.4, -0.2) is 32.2 Å². The number of amides is 1. The molecule has 8 heteroatoms. The van der Waals surface area contributed by atoms with Crippen LogP contribution in [0.2, 0.25) is 5.02 Å². The number of hydrogen-bond acceptors (Lipinski definition) is 6. The Kier molecular flexibility index (Phi) is 5.68. The Balaban J connectivity index is 1.66. The molecule has 0 saturated heterocycles. The summed E-state index contributed by atoms with van der Waals surface area (Å²) in [5.41, 5.74) is 2.88. The first kappa shape index (κ1) is 20.6. The third-order valence-electron chi connectivity index (χ3n) is 4.64. The molecule has 1 aromatic heterocycles. The van der Waals surface area contributed by atoms with Crippen molar-refractivity contribution in [3.63, 3.8) is 0 Å². The quantitative estimate of drug-likeness (QED) is 0.432. The molecule has 3 aromatic carbocycles. The van der Waals surface area contributed by atoms with Crippen molar-refractivity contribution < 1.29 is 23.4 Å². The number of nitrogens with one attached hydrogen (secondary N) is 1. The van der Waals surface area contributed by atoms with Crippen LogP contribution in [0, 0.1) is 0 Å². The normalized spacial score (nSPS) is 10.7. The number of ether oxygens (including phenoxy) is 3. The van der Waals surface area contributed by atoms with Crippen molar-refractivity contribution in [1.82, 2.24) is 4.98 Å². The maximum atomic E-state index is 12.5. The van der Waals surface area contributed by atoms with E-state index in [0.29, 0.717) is 56.1 Å². The lowest BCUT2D eigenvalue weighted by molar-refractivity contribution is 0.102. The monoisotopic (exact) mass is 438 g/mol. The first-order chi connectivity index (χ1) is 15.0. The van der Waals surface area contributed by atoms with Gasteiger partial charge in [-0.05, 0) is 48.5 Å². The average Bonchev–Trinajstić information content (AvgIpc) is 3.21. The number of benzene rings is 3. The SMILES string of the molecule is COc1cc(-c2nc3cc(NC(=O)c4cccc(Cl)c4)ccc3o2)cc(OC)c1OC. The van der Waals surface area contributed by atoms with E-state index in [2.05, 4.69) is 10.3 Å². The minimum Gasteiger partial charge on any atom is -0.493 e. The Bertz CT molecular complexity index is 1240. The lowest BCUT2D eigenvalue weighted by atomic mass is 10.2. The molecule has 0 saturated carbocycles. The first-order valence-electron chi connectivity index (χ1n) is 9.30. The number of hydrogen-bond donors (Lipinski definition) is 1. The fourth-order valence-electron chi connectivity index (χ4n) is 3.17. The second-order valence-electron chi connectivity index (χ2n) is 6.58. The molecule has 31 heavy (non-hydrogen) atoms. The van der Waals surface area contributed by atoms with Gasteiger partial charge >= 0.3 is 0 Å². The lowest BCUT2D eigenvalue weighted by Gasteiger charge is -2.12. The van der Waals surface area contributed by atoms with E-state index in [9.17, 15) is 4.79 Å². The van der Waals surface area contributed by atoms with Gasteiger partial charge in [0.1, 0.15) is 5.52 Å². The molecule has 4 rings (SSSR count). The summed E-state index contributed by atoms with van der Waals surface area (Å²) in [7, 11) is 4.63. The van der Waals surface area contributed by atoms with Gasteiger partial charge in [0, 0.05) is 21.8 Å². The number of nitrogens with zero attached hydrogens (tertiary/aromatic N) is 1. The van der Waals surface area contributed by atoms with E-state index in [-0.39, 0.29) is 5.91 Å². The number of carbonyl (C=O) groups excluding carboxylic acids is 1. The van der Waals surface area contributed by atoms with Crippen molar-refractivity contribution in [2.24, 2.45) is 0 Å². The van der Waals surface area contributed by atoms with E-state index in [1.54, 1.807) is 75.9 Å². The molecule has 7 nitrogen and oxygen atoms in total. The molecule has 0 aliphatic heterocycles. The molecular weight excluding hydrogens is 420 g/mol. The molecule has 0 fully saturated rings. The number of oxazole rings is 1. The van der Waals surface area contributed by atoms with E-state index in [1.165, 1.54) is 0 Å². The van der Waals surface area contributed by atoms with Crippen LogP contribution in [0.5, 0.6) is 17.2 Å². The Morgan fingerprint density at radius 1 is 0.968 bits per heavy atom. The van der Waals surface area contributed by atoms with Gasteiger partial charge < -0.3 is 23.9 Å². The predicted octanol–water partition coefficient (Wildman–Crippen LogP) is 5.43. The molecule has 0 spiro atoms. The third kappa shape index (κ3) is 4.13. The predicted molar refractivity (Wildman–Crippen MR) is 119 cm³/mol. The maximum absolute atomic E-state index is 12.5. The molecule has 158 valence electrons. The van der Waals surface area contributed by atoms with Gasteiger partial charge in [-0.25, -0.2) is 4.98 Å². The van der Waals surface area contributed by atoms with Crippen LogP contribution in [0.25, 0.3) is 22.6 Å². The topological polar surface area (TPSA) is 82.8 Å². The van der Waals surface area contributed by atoms with Crippen LogP contribution in [-0.2, 0) is 0 Å². The fourth-order valence-corrected chi connectivity index (χ4v) is 3.36. The Hall–Kier alpha value is -3.71. The van der Waals surface area contributed by atoms with Crippen molar-refractivity contribution in [2.75, 3.05) is 26.6 Å². The van der Waals surface area contributed by atoms with Crippen LogP contribution in [0.15, 0.2) is 59.0 Å². The van der Waals surface area contributed by atoms with Crippen LogP contribution in [0.4, 0.5) is 5.69 Å². The Morgan fingerprint density at radius 3 is 2.35 bits per heavy atom. The summed E-state index contributed by atoms with van der Waals surface area (Å²) in [5, 5.41) is 3.34. The Labute approximate surface area is 183 Å². The molecule has 0 atom stereocenters. The van der Waals surface area contributed by atoms with E-state index >= 15 is 0 Å². The van der Waals surface area contributed by atoms with Crippen molar-refractivity contribution >= 4 is 34.3 Å². The summed E-state index contributed by atoms with van der Waals surface area (Å²) in [6.45, 7) is 0. The van der Waals surface area contributed by atoms with Crippen LogP contribution in [0.1, 0.15) is 10.4 Å². The highest BCUT2D eigenvalue weighted by Gasteiger charge is 2.17. The first-order valence-corrected chi connectivity index (χ1v) is 9.68. The van der Waals surface area contributed by atoms with Crippen molar-refractivity contribution in [3.8, 4) is 28.7 Å². The summed E-state index contributed by atoms with van der Waals surface area (Å²) in [4.78, 5) is 17.0. The zero-order valence-corrected chi connectivity index (χ0v) is 17.8. The van der Waals surface area contributed by atoms with Crippen LogP contribution >= 0.6 is 11.6 Å². The second kappa shape index (κ2) is 8.57. The van der Waals surface area contributed by atoms with E-state index in [1.807, 2.05) is 0 Å². The van der Waals surface area contributed by atoms with Gasteiger partial charge in [-0.15, -0.1) is 0 Å². The van der Waals surface area contributed by atoms with E-state index in [4.69, 9.17) is 30.2 Å². The standard InChI is InChI=1S/C23H19ClN2O5/c1-28-19-10-14(11-20(29-2)21(19)30-3)23-26-17-12-16(7-8-18(17)31-23)25-22(27)13-5-4-6-15(24)9-13/h4-12H,1-3H3,(H,25,27). The molecule has 1 N–H and O–H groups in total. The highest BCUT2D eigenvalue weighted by Crippen LogP contribution is 2.41. The largest absolute Gasteiger partial charge is 0.493 e. The third-order valence-corrected chi connectivity index (χ3v) is 4.88. The highest BCUT2D eigenvalue weighted by molar-refractivity contribution is 6.31. The van der Waals surface area contributed by atoms with Crippen LogP contribution < -0.4 is 19.5 Å². The minimum absolute atomic E-state index is 0.268. The molecule has 1 amide bonds. The summed E-state index contributed by atoms with van der Waals surface area (Å²) < 4.78 is 22.0. The number of carbonyl (C=O) groups is 1. The van der Waals surface area contributed by atoms with Gasteiger partial charge in [0.15, 0.2) is 17.1 Å². The van der Waals surface area contributed by atoms with Crippen molar-refractivity contribution in [1.29, 1.82) is 0 Å². The molecule has 4 aromatic rings. The number of aromatic nitrogens is 1. The van der Waals surface area contributed by atoms with Gasteiger partial charge in [0.05, 0.1) is 21.3 Å². The number of fused-ring (bicyclic) bond motifs is 1. The molecule has 0 aliphatic carbocycles. The van der Waals surface area contributed by atoms with Crippen molar-refractivity contribution in [3.05, 3.63) is 65.2 Å². The van der Waals surface area contributed by atoms with E-state index in [0.717, 1.165) is 0 Å². The van der Waals surface area contributed by atoms with E-state index < -0.39 is 0 Å². The molecular formula is C23H19ClN2O5. The lowest BCUT2D eigenvalue weighted by Crippen LogP contribution is -2.11. The van der Waals surface area contributed by atoms with Gasteiger partial charge in [0.25, 0.3) is 5.91 Å². The van der Waals surface area contributed by atoms with Crippen LogP contribution in [0.3, 0.4) is 0 Å². The molecule has 1 heterocycles. The van der Waals surface area contributed by atoms with Gasteiger partial charge in [-0.3, -0.25) is 4.79 Å². The maximum Gasteiger partial charge on any atom is 0.255 e. The highest BCUT2D eigenvalue weighted by atomic mass is 35.5. The van der Waals surface area contributed by atoms with Crippen molar-refractivity contribution in [2.45, 2.75) is 0 Å². The number of halogens is 1. The van der Waals surface area contributed by atoms with Gasteiger partial charge in [0.2, 0.25) is 11.6 Å². The number of rotatable bonds is 6. The second-order valence-corrected chi connectivity index (χ2v) is 7.02. The summed E-state index contributed by atoms with van der Waals surface area (Å²) in [6, 6.07) is 15.5. The number of anilines is 1. The van der Waals surface area contributed by atoms with Gasteiger partial charge in [-0.2, -0.15) is 0 Å². The molecule has 0 unspecified atom stereocenters. The fraction of sp³-hybridized carbons (Fsp3) is 0.130. The van der Waals surface area contributed by atoms with Gasteiger partial charge in [-0.1, -0.05) is 17.7 Å². The minimum atomic E-state index is -0.268. The molecule has 0 bridgehead atoms. The summed E-state index contributed by atoms with van der Waals surface area (Å²) in [6.07, 6.45) is 0. The molecule has 0 aliphatic rings. The number of methoxy groups -OCH3 is 3. The molecule has 0 radical (unpaired) electrons. The zero-order valence-electron chi connectivity index (χ0n) is 17.1. The zero-order chi connectivity index (χ0) is 22.0. The summed E-state index contributed by atoms with van der Waals surface area (Å²) >= 11 is 5.97. The summed E-state index contributed by atoms with van der Waals surface area (Å²) in [5.74, 6) is 1.58. The smallest absolute Gasteiger partial charge is 0.255 e. The Morgan fingerprint density at radius 2 is 1.71 bits per heavy atom.